The lowest BCUT2D eigenvalue weighted by Crippen LogP contribution is -2.36. The number of hydrogen-bond donors (Lipinski definition) is 0. The van der Waals surface area contributed by atoms with Crippen molar-refractivity contribution in [2.75, 3.05) is 13.2 Å². The molecule has 0 aliphatic carbocycles. The molecule has 1 aromatic carbocycles. The Balaban J connectivity index is 1.87. The van der Waals surface area contributed by atoms with Crippen LogP contribution in [0.25, 0.3) is 0 Å². The predicted octanol–water partition coefficient (Wildman–Crippen LogP) is 2.56. The molecular formula is C16H18N2O6S. The maximum Gasteiger partial charge on any atom is 0.269 e. The summed E-state index contributed by atoms with van der Waals surface area (Å²) in [6.45, 7) is 0.906. The van der Waals surface area contributed by atoms with Gasteiger partial charge < -0.3 is 9.15 Å². The number of benzene rings is 1. The molecule has 1 aliphatic rings. The zero-order valence-corrected chi connectivity index (χ0v) is 14.2. The molecule has 0 unspecified atom stereocenters. The highest BCUT2D eigenvalue weighted by atomic mass is 32.2. The van der Waals surface area contributed by atoms with Crippen molar-refractivity contribution in [1.29, 1.82) is 0 Å². The summed E-state index contributed by atoms with van der Waals surface area (Å²) < 4.78 is 38.1. The smallest absolute Gasteiger partial charge is 0.269 e. The first kappa shape index (κ1) is 17.6. The summed E-state index contributed by atoms with van der Waals surface area (Å²) in [5.74, 6) is 0.517. The molecule has 0 spiro atoms. The van der Waals surface area contributed by atoms with Crippen LogP contribution >= 0.6 is 0 Å². The molecule has 0 bridgehead atoms. The van der Waals surface area contributed by atoms with E-state index in [0.717, 1.165) is 12.8 Å². The van der Waals surface area contributed by atoms with Crippen LogP contribution in [-0.4, -0.2) is 36.9 Å². The van der Waals surface area contributed by atoms with Gasteiger partial charge in [-0.2, -0.15) is 4.31 Å². The number of furan rings is 1. The van der Waals surface area contributed by atoms with Gasteiger partial charge in [-0.1, -0.05) is 0 Å². The van der Waals surface area contributed by atoms with Crippen molar-refractivity contribution in [3.63, 3.8) is 0 Å². The normalized spacial score (nSPS) is 17.9. The van der Waals surface area contributed by atoms with E-state index in [4.69, 9.17) is 9.15 Å². The second kappa shape index (κ2) is 7.34. The van der Waals surface area contributed by atoms with Crippen LogP contribution in [0.5, 0.6) is 0 Å². The number of nitro benzene ring substituents is 1. The molecule has 3 rings (SSSR count). The van der Waals surface area contributed by atoms with Crippen LogP contribution in [0.15, 0.2) is 52.0 Å². The molecule has 1 saturated heterocycles. The van der Waals surface area contributed by atoms with Crippen LogP contribution in [0.1, 0.15) is 18.6 Å². The molecule has 1 atom stereocenters. The molecule has 25 heavy (non-hydrogen) atoms. The molecule has 0 amide bonds. The Labute approximate surface area is 145 Å². The summed E-state index contributed by atoms with van der Waals surface area (Å²) in [6, 6.07) is 8.26. The summed E-state index contributed by atoms with van der Waals surface area (Å²) in [5.41, 5.74) is -0.157. The van der Waals surface area contributed by atoms with E-state index in [9.17, 15) is 18.5 Å². The van der Waals surface area contributed by atoms with Gasteiger partial charge in [-0.15, -0.1) is 0 Å². The van der Waals surface area contributed by atoms with Gasteiger partial charge in [0, 0.05) is 25.3 Å². The third kappa shape index (κ3) is 4.06. The molecule has 2 aromatic rings. The molecule has 0 saturated carbocycles. The van der Waals surface area contributed by atoms with Gasteiger partial charge in [0.2, 0.25) is 10.0 Å². The second-order valence-corrected chi connectivity index (χ2v) is 7.70. The number of ether oxygens (including phenoxy) is 1. The lowest BCUT2D eigenvalue weighted by Gasteiger charge is -2.24. The number of nitrogens with zero attached hydrogens (tertiary/aromatic N) is 2. The van der Waals surface area contributed by atoms with Crippen molar-refractivity contribution in [2.24, 2.45) is 0 Å². The molecule has 134 valence electrons. The van der Waals surface area contributed by atoms with E-state index >= 15 is 0 Å². The number of non-ortho nitro benzene ring substituents is 1. The second-order valence-electron chi connectivity index (χ2n) is 5.76. The van der Waals surface area contributed by atoms with Crippen LogP contribution in [0.3, 0.4) is 0 Å². The summed E-state index contributed by atoms with van der Waals surface area (Å²) >= 11 is 0. The van der Waals surface area contributed by atoms with Gasteiger partial charge >= 0.3 is 0 Å². The summed E-state index contributed by atoms with van der Waals surface area (Å²) in [5, 5.41) is 10.8. The Morgan fingerprint density at radius 1 is 1.24 bits per heavy atom. The first-order valence-corrected chi connectivity index (χ1v) is 9.29. The lowest BCUT2D eigenvalue weighted by molar-refractivity contribution is -0.384. The maximum absolute atomic E-state index is 13.0. The topological polar surface area (TPSA) is 103 Å². The largest absolute Gasteiger partial charge is 0.468 e. The van der Waals surface area contributed by atoms with Gasteiger partial charge in [0.05, 0.1) is 28.7 Å². The van der Waals surface area contributed by atoms with Crippen LogP contribution in [-0.2, 0) is 21.3 Å². The number of sulfonamides is 1. The molecule has 1 aromatic heterocycles. The highest BCUT2D eigenvalue weighted by Crippen LogP contribution is 2.24. The van der Waals surface area contributed by atoms with E-state index in [2.05, 4.69) is 0 Å². The predicted molar refractivity (Wildman–Crippen MR) is 88.4 cm³/mol. The number of hydrogen-bond acceptors (Lipinski definition) is 6. The van der Waals surface area contributed by atoms with Crippen molar-refractivity contribution < 1.29 is 22.5 Å². The minimum atomic E-state index is -3.84. The third-order valence-corrected chi connectivity index (χ3v) is 5.85. The standard InChI is InChI=1S/C16H18N2O6S/c19-18(20)13-5-7-16(8-6-13)25(21,22)17(11-14-3-1-9-23-14)12-15-4-2-10-24-15/h1,3,5-9,15H,2,4,10-12H2/t15-/m0/s1. The summed E-state index contributed by atoms with van der Waals surface area (Å²) in [6.07, 6.45) is 3.02. The maximum atomic E-state index is 13.0. The Bertz CT molecular complexity index is 811. The van der Waals surface area contributed by atoms with E-state index in [1.54, 1.807) is 12.1 Å². The molecule has 0 N–H and O–H groups in total. The first-order chi connectivity index (χ1) is 12.0. The lowest BCUT2D eigenvalue weighted by atomic mass is 10.2. The molecule has 9 heteroatoms. The SMILES string of the molecule is O=[N+]([O-])c1ccc(S(=O)(=O)N(Cc2ccco2)C[C@@H]2CCCO2)cc1. The third-order valence-electron chi connectivity index (χ3n) is 4.03. The van der Waals surface area contributed by atoms with Crippen LogP contribution in [0.4, 0.5) is 5.69 Å². The van der Waals surface area contributed by atoms with Crippen LogP contribution in [0.2, 0.25) is 0 Å². The van der Waals surface area contributed by atoms with Gasteiger partial charge in [0.25, 0.3) is 5.69 Å². The van der Waals surface area contributed by atoms with Gasteiger partial charge in [-0.25, -0.2) is 8.42 Å². The molecular weight excluding hydrogens is 348 g/mol. The van der Waals surface area contributed by atoms with Gasteiger partial charge in [-0.3, -0.25) is 10.1 Å². The molecule has 1 fully saturated rings. The highest BCUT2D eigenvalue weighted by molar-refractivity contribution is 7.89. The van der Waals surface area contributed by atoms with E-state index in [1.807, 2.05) is 0 Å². The van der Waals surface area contributed by atoms with Crippen molar-refractivity contribution in [1.82, 2.24) is 4.31 Å². The Morgan fingerprint density at radius 2 is 2.00 bits per heavy atom. The van der Waals surface area contributed by atoms with Crippen LogP contribution < -0.4 is 0 Å². The van der Waals surface area contributed by atoms with Gasteiger partial charge in [-0.05, 0) is 37.1 Å². The van der Waals surface area contributed by atoms with E-state index < -0.39 is 14.9 Å². The first-order valence-electron chi connectivity index (χ1n) is 7.85. The van der Waals surface area contributed by atoms with E-state index in [1.165, 1.54) is 34.8 Å². The number of nitro groups is 1. The quantitative estimate of drug-likeness (QED) is 0.551. The van der Waals surface area contributed by atoms with Crippen molar-refractivity contribution in [2.45, 2.75) is 30.4 Å². The highest BCUT2D eigenvalue weighted by Gasteiger charge is 2.30. The van der Waals surface area contributed by atoms with Gasteiger partial charge in [0.15, 0.2) is 0 Å². The van der Waals surface area contributed by atoms with Gasteiger partial charge in [0.1, 0.15) is 5.76 Å². The Kier molecular flexibility index (Phi) is 5.16. The van der Waals surface area contributed by atoms with E-state index in [-0.39, 0.29) is 29.8 Å². The molecule has 2 heterocycles. The van der Waals surface area contributed by atoms with Crippen molar-refractivity contribution in [3.8, 4) is 0 Å². The zero-order chi connectivity index (χ0) is 17.9. The summed E-state index contributed by atoms with van der Waals surface area (Å²) in [4.78, 5) is 10.2. The average Bonchev–Trinajstić information content (AvgIpc) is 3.28. The molecule has 8 nitrogen and oxygen atoms in total. The Hall–Kier alpha value is -2.23. The fourth-order valence-corrected chi connectivity index (χ4v) is 4.17. The number of rotatable bonds is 7. The van der Waals surface area contributed by atoms with Crippen molar-refractivity contribution >= 4 is 15.7 Å². The molecule has 0 radical (unpaired) electrons. The fraction of sp³-hybridized carbons (Fsp3) is 0.375. The minimum Gasteiger partial charge on any atom is -0.468 e. The van der Waals surface area contributed by atoms with E-state index in [0.29, 0.717) is 12.4 Å². The Morgan fingerprint density at radius 3 is 2.56 bits per heavy atom. The average molecular weight is 366 g/mol. The fourth-order valence-electron chi connectivity index (χ4n) is 2.73. The zero-order valence-electron chi connectivity index (χ0n) is 13.4. The van der Waals surface area contributed by atoms with Crippen molar-refractivity contribution in [3.05, 3.63) is 58.5 Å². The monoisotopic (exact) mass is 366 g/mol. The minimum absolute atomic E-state index is 0.00246. The summed E-state index contributed by atoms with van der Waals surface area (Å²) in [7, 11) is -3.84. The van der Waals surface area contributed by atoms with Crippen LogP contribution in [0, 0.1) is 10.1 Å². The molecule has 1 aliphatic heterocycles.